The molecular weight excluding hydrogens is 400 g/mol. The van der Waals surface area contributed by atoms with E-state index in [0.29, 0.717) is 25.4 Å². The first-order valence-electron chi connectivity index (χ1n) is 11.7. The lowest BCUT2D eigenvalue weighted by molar-refractivity contribution is 0.104. The van der Waals surface area contributed by atoms with E-state index >= 15 is 0 Å². The van der Waals surface area contributed by atoms with Gasteiger partial charge in [-0.1, -0.05) is 47.6 Å². The number of benzene rings is 2. The fourth-order valence-corrected chi connectivity index (χ4v) is 3.15. The zero-order chi connectivity index (χ0) is 23.6. The Morgan fingerprint density at radius 1 is 0.844 bits per heavy atom. The molecule has 0 spiro atoms. The van der Waals surface area contributed by atoms with Crippen molar-refractivity contribution in [3.63, 3.8) is 0 Å². The van der Waals surface area contributed by atoms with Crippen molar-refractivity contribution in [3.05, 3.63) is 59.2 Å². The minimum absolute atomic E-state index is 0.0494. The Balaban J connectivity index is 2.32. The Hall–Kier alpha value is -2.75. The Bertz CT molecular complexity index is 889. The highest BCUT2D eigenvalue weighted by molar-refractivity contribution is 6.06. The number of rotatable bonds is 12. The lowest BCUT2D eigenvalue weighted by Gasteiger charge is -2.25. The summed E-state index contributed by atoms with van der Waals surface area (Å²) in [6.45, 7) is 14.6. The molecule has 2 aromatic carbocycles. The van der Waals surface area contributed by atoms with E-state index in [0.717, 1.165) is 47.6 Å². The predicted octanol–water partition coefficient (Wildman–Crippen LogP) is 7.25. The highest BCUT2D eigenvalue weighted by Gasteiger charge is 2.23. The van der Waals surface area contributed by atoms with E-state index < -0.39 is 0 Å². The molecule has 4 heteroatoms. The standard InChI is InChI=1S/C28H38O4/c1-7-16-30-23-13-11-22(12-14-23)25(29)15-10-21-19-24(28(4,5)6)27(32-18-9-3)26(20-21)31-17-8-2/h10-15,19-20H,7-9,16-18H2,1-6H3. The van der Waals surface area contributed by atoms with Crippen molar-refractivity contribution in [2.24, 2.45) is 0 Å². The third-order valence-electron chi connectivity index (χ3n) is 4.84. The van der Waals surface area contributed by atoms with E-state index in [-0.39, 0.29) is 11.2 Å². The molecule has 0 bridgehead atoms. The van der Waals surface area contributed by atoms with Gasteiger partial charge in [-0.15, -0.1) is 0 Å². The number of hydrogen-bond acceptors (Lipinski definition) is 4. The molecule has 2 aromatic rings. The van der Waals surface area contributed by atoms with Crippen LogP contribution in [0.2, 0.25) is 0 Å². The molecule has 0 amide bonds. The van der Waals surface area contributed by atoms with Crippen LogP contribution in [0.3, 0.4) is 0 Å². The molecule has 32 heavy (non-hydrogen) atoms. The number of carbonyl (C=O) groups excluding carboxylic acids is 1. The zero-order valence-electron chi connectivity index (χ0n) is 20.5. The summed E-state index contributed by atoms with van der Waals surface area (Å²) in [5, 5.41) is 0. The van der Waals surface area contributed by atoms with Crippen LogP contribution in [0.4, 0.5) is 0 Å². The van der Waals surface area contributed by atoms with Crippen molar-refractivity contribution in [1.29, 1.82) is 0 Å². The molecule has 0 unspecified atom stereocenters. The van der Waals surface area contributed by atoms with Crippen LogP contribution in [0.25, 0.3) is 6.08 Å². The first-order valence-corrected chi connectivity index (χ1v) is 11.7. The summed E-state index contributed by atoms with van der Waals surface area (Å²) in [6, 6.07) is 11.3. The van der Waals surface area contributed by atoms with E-state index in [1.54, 1.807) is 18.2 Å². The van der Waals surface area contributed by atoms with Crippen molar-refractivity contribution >= 4 is 11.9 Å². The number of ether oxygens (including phenoxy) is 3. The molecule has 4 nitrogen and oxygen atoms in total. The number of hydrogen-bond donors (Lipinski definition) is 0. The minimum atomic E-state index is -0.129. The molecule has 0 atom stereocenters. The molecule has 0 aliphatic carbocycles. The van der Waals surface area contributed by atoms with Crippen molar-refractivity contribution in [3.8, 4) is 17.2 Å². The SMILES string of the molecule is CCCOc1ccc(C(=O)C=Cc2cc(OCCC)c(OCCC)c(C(C)(C)C)c2)cc1. The minimum Gasteiger partial charge on any atom is -0.494 e. The summed E-state index contributed by atoms with van der Waals surface area (Å²) in [5.41, 5.74) is 2.49. The van der Waals surface area contributed by atoms with Crippen LogP contribution in [0, 0.1) is 0 Å². The van der Waals surface area contributed by atoms with Crippen LogP contribution in [0.5, 0.6) is 17.2 Å². The van der Waals surface area contributed by atoms with Crippen molar-refractivity contribution < 1.29 is 19.0 Å². The van der Waals surface area contributed by atoms with Crippen molar-refractivity contribution in [2.45, 2.75) is 66.2 Å². The number of ketones is 1. The molecule has 0 heterocycles. The maximum atomic E-state index is 12.7. The van der Waals surface area contributed by atoms with Gasteiger partial charge in [-0.2, -0.15) is 0 Å². The zero-order valence-corrected chi connectivity index (χ0v) is 20.5. The Morgan fingerprint density at radius 2 is 1.44 bits per heavy atom. The summed E-state index contributed by atoms with van der Waals surface area (Å²) in [4.78, 5) is 12.7. The van der Waals surface area contributed by atoms with Gasteiger partial charge in [-0.25, -0.2) is 0 Å². The van der Waals surface area contributed by atoms with Gasteiger partial charge in [-0.05, 0) is 72.7 Å². The summed E-state index contributed by atoms with van der Waals surface area (Å²) in [6.07, 6.45) is 6.25. The maximum absolute atomic E-state index is 12.7. The first-order chi connectivity index (χ1) is 15.3. The van der Waals surface area contributed by atoms with E-state index in [9.17, 15) is 4.79 Å². The molecule has 0 aliphatic heterocycles. The third kappa shape index (κ3) is 7.44. The summed E-state index contributed by atoms with van der Waals surface area (Å²) >= 11 is 0. The maximum Gasteiger partial charge on any atom is 0.185 e. The number of allylic oxidation sites excluding steroid dienone is 1. The highest BCUT2D eigenvalue weighted by Crippen LogP contribution is 2.40. The van der Waals surface area contributed by atoms with E-state index in [4.69, 9.17) is 14.2 Å². The first kappa shape index (κ1) is 25.5. The summed E-state index contributed by atoms with van der Waals surface area (Å²) in [7, 11) is 0. The Morgan fingerprint density at radius 3 is 2.03 bits per heavy atom. The van der Waals surface area contributed by atoms with E-state index in [1.807, 2.05) is 24.3 Å². The van der Waals surface area contributed by atoms with E-state index in [2.05, 4.69) is 47.6 Å². The second-order valence-corrected chi connectivity index (χ2v) is 8.91. The largest absolute Gasteiger partial charge is 0.494 e. The highest BCUT2D eigenvalue weighted by atomic mass is 16.5. The van der Waals surface area contributed by atoms with Crippen LogP contribution in [0.15, 0.2) is 42.5 Å². The second kappa shape index (κ2) is 12.3. The quantitative estimate of drug-likeness (QED) is 0.259. The van der Waals surface area contributed by atoms with Gasteiger partial charge in [-0.3, -0.25) is 4.79 Å². The molecule has 0 radical (unpaired) electrons. The van der Waals surface area contributed by atoms with Crippen LogP contribution in [-0.4, -0.2) is 25.6 Å². The molecule has 0 aliphatic rings. The monoisotopic (exact) mass is 438 g/mol. The lowest BCUT2D eigenvalue weighted by Crippen LogP contribution is -2.15. The van der Waals surface area contributed by atoms with Gasteiger partial charge in [0.25, 0.3) is 0 Å². The van der Waals surface area contributed by atoms with Crippen LogP contribution < -0.4 is 14.2 Å². The van der Waals surface area contributed by atoms with Gasteiger partial charge in [0.2, 0.25) is 0 Å². The van der Waals surface area contributed by atoms with Crippen LogP contribution in [-0.2, 0) is 5.41 Å². The third-order valence-corrected chi connectivity index (χ3v) is 4.84. The molecule has 0 saturated carbocycles. The van der Waals surface area contributed by atoms with Crippen LogP contribution in [0.1, 0.15) is 82.3 Å². The van der Waals surface area contributed by atoms with Gasteiger partial charge in [0.15, 0.2) is 17.3 Å². The fraction of sp³-hybridized carbons (Fsp3) is 0.464. The lowest BCUT2D eigenvalue weighted by atomic mass is 9.85. The fourth-order valence-electron chi connectivity index (χ4n) is 3.15. The van der Waals surface area contributed by atoms with Gasteiger partial charge in [0.1, 0.15) is 5.75 Å². The molecule has 0 saturated heterocycles. The average molecular weight is 439 g/mol. The normalized spacial score (nSPS) is 11.6. The Kier molecular flexibility index (Phi) is 9.83. The molecule has 0 aromatic heterocycles. The van der Waals surface area contributed by atoms with Crippen molar-refractivity contribution in [1.82, 2.24) is 0 Å². The van der Waals surface area contributed by atoms with Gasteiger partial charge in [0, 0.05) is 11.1 Å². The molecular formula is C28H38O4. The smallest absolute Gasteiger partial charge is 0.185 e. The van der Waals surface area contributed by atoms with Gasteiger partial charge >= 0.3 is 0 Å². The average Bonchev–Trinajstić information content (AvgIpc) is 2.78. The van der Waals surface area contributed by atoms with Crippen LogP contribution >= 0.6 is 0 Å². The molecule has 2 rings (SSSR count). The summed E-state index contributed by atoms with van der Waals surface area (Å²) in [5.74, 6) is 2.27. The van der Waals surface area contributed by atoms with E-state index in [1.165, 1.54) is 0 Å². The van der Waals surface area contributed by atoms with Gasteiger partial charge < -0.3 is 14.2 Å². The predicted molar refractivity (Wildman–Crippen MR) is 132 cm³/mol. The number of carbonyl (C=O) groups is 1. The molecule has 174 valence electrons. The molecule has 0 N–H and O–H groups in total. The summed E-state index contributed by atoms with van der Waals surface area (Å²) < 4.78 is 17.7. The topological polar surface area (TPSA) is 44.8 Å². The van der Waals surface area contributed by atoms with Gasteiger partial charge in [0.05, 0.1) is 19.8 Å². The van der Waals surface area contributed by atoms with Crippen molar-refractivity contribution in [2.75, 3.05) is 19.8 Å². The Labute approximate surface area is 193 Å². The molecule has 0 fully saturated rings. The second-order valence-electron chi connectivity index (χ2n) is 8.91.